The first kappa shape index (κ1) is 26.5. The van der Waals surface area contributed by atoms with Crippen LogP contribution in [0.25, 0.3) is 16.2 Å². The molecule has 0 radical (unpaired) electrons. The highest BCUT2D eigenvalue weighted by Gasteiger charge is 2.29. The monoisotopic (exact) mass is 534 g/mol. The Morgan fingerprint density at radius 1 is 1.03 bits per heavy atom. The number of carbonyl (C=O) groups excluding carboxylic acids is 1. The van der Waals surface area contributed by atoms with Gasteiger partial charge in [-0.15, -0.1) is 0 Å². The lowest BCUT2D eigenvalue weighted by Crippen LogP contribution is -2.49. The molecule has 2 atom stereocenters. The third-order valence-electron chi connectivity index (χ3n) is 7.98. The molecule has 202 valence electrons. The quantitative estimate of drug-likeness (QED) is 0.387. The van der Waals surface area contributed by atoms with Crippen molar-refractivity contribution in [2.24, 2.45) is 11.8 Å². The highest BCUT2D eigenvalue weighted by molar-refractivity contribution is 7.13. The molecule has 7 nitrogen and oxygen atoms in total. The molecule has 38 heavy (non-hydrogen) atoms. The van der Waals surface area contributed by atoms with Crippen LogP contribution in [0, 0.1) is 11.8 Å². The van der Waals surface area contributed by atoms with Crippen LogP contribution in [0.3, 0.4) is 0 Å². The summed E-state index contributed by atoms with van der Waals surface area (Å²) in [5, 5.41) is 4.44. The molecule has 8 heteroatoms. The number of para-hydroxylation sites is 1. The van der Waals surface area contributed by atoms with E-state index in [-0.39, 0.29) is 5.91 Å². The van der Waals surface area contributed by atoms with Crippen LogP contribution in [0.1, 0.15) is 31.2 Å². The van der Waals surface area contributed by atoms with Gasteiger partial charge in [-0.1, -0.05) is 37.1 Å². The number of hydrogen-bond donors (Lipinski definition) is 1. The van der Waals surface area contributed by atoms with E-state index in [4.69, 9.17) is 13.8 Å². The van der Waals surface area contributed by atoms with Crippen LogP contribution in [-0.4, -0.2) is 68.7 Å². The summed E-state index contributed by atoms with van der Waals surface area (Å²) in [7, 11) is 3.22. The Kier molecular flexibility index (Phi) is 8.81. The van der Waals surface area contributed by atoms with Gasteiger partial charge in [-0.05, 0) is 60.5 Å². The van der Waals surface area contributed by atoms with Crippen molar-refractivity contribution in [3.8, 4) is 11.5 Å². The molecule has 1 amide bonds. The molecule has 2 fully saturated rings. The number of fused-ring (bicyclic) bond motifs is 1. The van der Waals surface area contributed by atoms with Crippen molar-refractivity contribution in [1.82, 2.24) is 14.6 Å². The lowest BCUT2D eigenvalue weighted by molar-refractivity contribution is -0.116. The van der Waals surface area contributed by atoms with Crippen LogP contribution in [0.2, 0.25) is 0 Å². The first-order chi connectivity index (χ1) is 18.7. The van der Waals surface area contributed by atoms with Crippen molar-refractivity contribution in [3.05, 3.63) is 54.1 Å². The molecule has 2 aromatic carbocycles. The third kappa shape index (κ3) is 6.13. The number of nitrogens with zero attached hydrogens (tertiary/aromatic N) is 3. The molecule has 2 heterocycles. The van der Waals surface area contributed by atoms with Crippen LogP contribution in [0.5, 0.6) is 11.5 Å². The number of carbonyl (C=O) groups is 1. The van der Waals surface area contributed by atoms with Crippen molar-refractivity contribution < 1.29 is 14.3 Å². The average Bonchev–Trinajstić information content (AvgIpc) is 3.40. The minimum absolute atomic E-state index is 0.0664. The maximum absolute atomic E-state index is 12.7. The summed E-state index contributed by atoms with van der Waals surface area (Å²) < 4.78 is 16.8. The summed E-state index contributed by atoms with van der Waals surface area (Å²) in [6, 6.07) is 14.2. The predicted octanol–water partition coefficient (Wildman–Crippen LogP) is 5.07. The van der Waals surface area contributed by atoms with E-state index in [2.05, 4.69) is 39.4 Å². The topological polar surface area (TPSA) is 66.9 Å². The van der Waals surface area contributed by atoms with Gasteiger partial charge in [0.25, 0.3) is 0 Å². The molecule has 1 aliphatic heterocycles. The fourth-order valence-electron chi connectivity index (χ4n) is 5.87. The number of amides is 1. The van der Waals surface area contributed by atoms with Gasteiger partial charge in [-0.3, -0.25) is 9.69 Å². The smallest absolute Gasteiger partial charge is 0.244 e. The Morgan fingerprint density at radius 3 is 2.61 bits per heavy atom. The summed E-state index contributed by atoms with van der Waals surface area (Å²) in [5.41, 5.74) is 0.822. The minimum atomic E-state index is -0.0664. The number of aromatic nitrogens is 1. The van der Waals surface area contributed by atoms with Gasteiger partial charge in [-0.2, -0.15) is 4.37 Å². The zero-order valence-corrected chi connectivity index (χ0v) is 23.2. The zero-order valence-electron chi connectivity index (χ0n) is 22.4. The summed E-state index contributed by atoms with van der Waals surface area (Å²) in [5.74, 6) is 3.51. The summed E-state index contributed by atoms with van der Waals surface area (Å²) >= 11 is 1.59. The Balaban J connectivity index is 1.12. The maximum Gasteiger partial charge on any atom is 0.244 e. The van der Waals surface area contributed by atoms with Crippen molar-refractivity contribution in [3.63, 3.8) is 0 Å². The first-order valence-electron chi connectivity index (χ1n) is 13.6. The predicted molar refractivity (Wildman–Crippen MR) is 155 cm³/mol. The highest BCUT2D eigenvalue weighted by Crippen LogP contribution is 2.33. The maximum atomic E-state index is 12.7. The fraction of sp³-hybridized carbons (Fsp3) is 0.467. The second-order valence-electron chi connectivity index (χ2n) is 10.3. The number of piperazine rings is 1. The van der Waals surface area contributed by atoms with E-state index in [1.807, 2.05) is 18.2 Å². The molecular formula is C30H38N4O3S. The number of benzene rings is 2. The Labute approximate surface area is 229 Å². The van der Waals surface area contributed by atoms with Crippen LogP contribution >= 0.6 is 11.5 Å². The Bertz CT molecular complexity index is 1250. The number of hydrogen-bond acceptors (Lipinski definition) is 7. The average molecular weight is 535 g/mol. The van der Waals surface area contributed by atoms with Gasteiger partial charge in [0, 0.05) is 56.3 Å². The number of nitrogens with one attached hydrogen (secondary N) is 1. The normalized spacial score (nSPS) is 20.6. The molecule has 1 aromatic heterocycles. The molecule has 1 aliphatic carbocycles. The van der Waals surface area contributed by atoms with Crippen molar-refractivity contribution in [2.45, 2.75) is 25.7 Å². The van der Waals surface area contributed by atoms with Crippen LogP contribution in [0.15, 0.2) is 48.5 Å². The minimum Gasteiger partial charge on any atom is -0.493 e. The van der Waals surface area contributed by atoms with Gasteiger partial charge in [0.05, 0.1) is 18.9 Å². The van der Waals surface area contributed by atoms with Gasteiger partial charge in [0.15, 0.2) is 11.5 Å². The van der Waals surface area contributed by atoms with Gasteiger partial charge >= 0.3 is 0 Å². The number of methoxy groups -OCH3 is 2. The van der Waals surface area contributed by atoms with Crippen LogP contribution in [0.4, 0.5) is 5.82 Å². The number of rotatable bonds is 9. The Morgan fingerprint density at radius 2 is 1.82 bits per heavy atom. The van der Waals surface area contributed by atoms with E-state index in [0.717, 1.165) is 50.6 Å². The molecule has 1 saturated heterocycles. The van der Waals surface area contributed by atoms with Crippen molar-refractivity contribution in [1.29, 1.82) is 0 Å². The highest BCUT2D eigenvalue weighted by atomic mass is 32.1. The van der Waals surface area contributed by atoms with E-state index < -0.39 is 0 Å². The lowest BCUT2D eigenvalue weighted by Gasteiger charge is -2.40. The van der Waals surface area contributed by atoms with E-state index >= 15 is 0 Å². The summed E-state index contributed by atoms with van der Waals surface area (Å²) in [6.07, 6.45) is 8.35. The first-order valence-corrected chi connectivity index (χ1v) is 14.4. The van der Waals surface area contributed by atoms with Crippen LogP contribution in [-0.2, 0) is 4.79 Å². The second kappa shape index (κ2) is 12.6. The molecule has 0 bridgehead atoms. The molecule has 5 rings (SSSR count). The van der Waals surface area contributed by atoms with Gasteiger partial charge < -0.3 is 19.7 Å². The van der Waals surface area contributed by atoms with Gasteiger partial charge in [-0.25, -0.2) is 0 Å². The molecule has 2 aliphatic rings. The van der Waals surface area contributed by atoms with Gasteiger partial charge in [0.2, 0.25) is 5.91 Å². The summed E-state index contributed by atoms with van der Waals surface area (Å²) in [6.45, 7) is 6.00. The SMILES string of the molecule is COc1cccc(/C=C/C(=O)NC[C@H]2CCCC[C@H]2CN2CCN(c3nsc4ccccc34)CC2)c1OC. The Hall–Kier alpha value is -3.10. The third-order valence-corrected chi connectivity index (χ3v) is 8.79. The van der Waals surface area contributed by atoms with E-state index in [1.165, 1.54) is 35.8 Å². The van der Waals surface area contributed by atoms with E-state index in [9.17, 15) is 4.79 Å². The molecule has 3 aromatic rings. The zero-order chi connectivity index (χ0) is 26.3. The molecule has 0 unspecified atom stereocenters. The summed E-state index contributed by atoms with van der Waals surface area (Å²) in [4.78, 5) is 17.7. The van der Waals surface area contributed by atoms with Crippen molar-refractivity contribution in [2.75, 3.05) is 58.4 Å². The molecule has 1 N–H and O–H groups in total. The number of ether oxygens (including phenoxy) is 2. The second-order valence-corrected chi connectivity index (χ2v) is 11.1. The standard InChI is InChI=1S/C30H38N4O3S/c1-36-26-12-7-10-22(29(26)37-2)14-15-28(35)31-20-23-8-3-4-9-24(23)21-33-16-18-34(19-17-33)30-25-11-5-6-13-27(25)38-32-30/h5-7,10-15,23-24H,3-4,8-9,16-21H2,1-2H3,(H,31,35)/b15-14+/t23-,24+/m1/s1. The number of anilines is 1. The van der Waals surface area contributed by atoms with Gasteiger partial charge in [0.1, 0.15) is 5.82 Å². The van der Waals surface area contributed by atoms with Crippen LogP contribution < -0.4 is 19.7 Å². The van der Waals surface area contributed by atoms with E-state index in [1.54, 1.807) is 37.9 Å². The fourth-order valence-corrected chi connectivity index (χ4v) is 6.66. The molecular weight excluding hydrogens is 496 g/mol. The largest absolute Gasteiger partial charge is 0.493 e. The molecule has 1 saturated carbocycles. The van der Waals surface area contributed by atoms with Crippen molar-refractivity contribution >= 4 is 39.4 Å². The lowest BCUT2D eigenvalue weighted by atomic mass is 9.78. The molecule has 0 spiro atoms. The van der Waals surface area contributed by atoms with E-state index in [0.29, 0.717) is 23.3 Å².